The second kappa shape index (κ2) is 50.1. The van der Waals surface area contributed by atoms with Gasteiger partial charge in [-0.15, -0.1) is 37.2 Å². The Morgan fingerprint density at radius 3 is 0.843 bits per heavy atom. The summed E-state index contributed by atoms with van der Waals surface area (Å²) in [6.07, 6.45) is 10.4. The predicted octanol–water partition coefficient (Wildman–Crippen LogP) is 26.1. The van der Waals surface area contributed by atoms with Crippen molar-refractivity contribution in [3.05, 3.63) is 250 Å². The molecule has 0 saturated carbocycles. The van der Waals surface area contributed by atoms with Gasteiger partial charge in [-0.1, -0.05) is 67.0 Å². The summed E-state index contributed by atoms with van der Waals surface area (Å²) in [5, 5.41) is 17.3. The number of hydrogen-bond acceptors (Lipinski definition) is 15. The SMILES string of the molecule is C=C1CCN(CCCn2c3ccc(C(C)=O)cc3c3cc(C(C)=O)ccc32)CC1.CC(=O)c1ccc2c(c1)c1cc(C(C)=O)ccc1n2CCCN1[C@H](C)CCC[C@@H]1C.CC(=O)c1ccc2c(c1)c1cc(C(C)=O)ccc1n2CCNC(C)C.CCC(=O)c1ccc2c(c1)c1cc(C(=O)CC)ccc1n2CCN(CC)CC.CCCNCCn1c2ccc(C(C)=O)cc2c2cc(C(C)=O)ccc21.Cl.Cl.Cl. The third-order valence-electron chi connectivity index (χ3n) is 27.8. The van der Waals surface area contributed by atoms with Gasteiger partial charge in [-0.05, 0) is 322 Å². The summed E-state index contributed by atoms with van der Waals surface area (Å²) in [7, 11) is 0. The van der Waals surface area contributed by atoms with Gasteiger partial charge in [0.25, 0.3) is 0 Å². The summed E-state index contributed by atoms with van der Waals surface area (Å²) in [5.41, 5.74) is 19.6. The van der Waals surface area contributed by atoms with E-state index in [0.717, 1.165) is 250 Å². The molecular formula is C117H141Cl3N10O10. The molecule has 0 unspecified atom stereocenters. The number of hydrogen-bond donors (Lipinski definition) is 2. The number of likely N-dealkylation sites (N-methyl/N-ethyl adjacent to an activating group) is 1. The van der Waals surface area contributed by atoms with E-state index in [-0.39, 0.29) is 95.1 Å². The fourth-order valence-electron chi connectivity index (χ4n) is 19.8. The molecule has 2 atom stereocenters. The van der Waals surface area contributed by atoms with Crippen LogP contribution in [0.4, 0.5) is 0 Å². The van der Waals surface area contributed by atoms with Gasteiger partial charge in [0, 0.05) is 268 Å². The van der Waals surface area contributed by atoms with Gasteiger partial charge in [-0.3, -0.25) is 52.8 Å². The number of benzene rings is 10. The van der Waals surface area contributed by atoms with Crippen molar-refractivity contribution in [1.82, 2.24) is 48.2 Å². The molecule has 2 saturated heterocycles. The molecule has 23 heteroatoms. The molecular weight excluding hydrogens is 1810 g/mol. The minimum Gasteiger partial charge on any atom is -0.340 e. The molecule has 0 radical (unpaired) electrons. The smallest absolute Gasteiger partial charge is 0.162 e. The molecule has 2 aliphatic heterocycles. The molecule has 2 aliphatic rings. The number of likely N-dealkylation sites (tertiary alicyclic amines) is 2. The number of aromatic nitrogens is 5. The quantitative estimate of drug-likeness (QED) is 0.0217. The van der Waals surface area contributed by atoms with Crippen molar-refractivity contribution in [2.45, 2.75) is 233 Å². The van der Waals surface area contributed by atoms with Crippen LogP contribution in [-0.4, -0.2) is 179 Å². The molecule has 15 aromatic rings. The van der Waals surface area contributed by atoms with Gasteiger partial charge < -0.3 is 43.3 Å². The Bertz CT molecular complexity index is 6760. The van der Waals surface area contributed by atoms with Gasteiger partial charge in [0.2, 0.25) is 0 Å². The number of rotatable bonds is 34. The molecule has 17 rings (SSSR count). The number of carbonyl (C=O) groups excluding carboxylic acids is 10. The van der Waals surface area contributed by atoms with Gasteiger partial charge in [-0.25, -0.2) is 0 Å². The Kier molecular flexibility index (Phi) is 39.5. The lowest BCUT2D eigenvalue weighted by molar-refractivity contribution is 0.0980. The molecule has 7 heterocycles. The van der Waals surface area contributed by atoms with Gasteiger partial charge in [-0.2, -0.15) is 0 Å². The number of ketones is 10. The number of Topliss-reactive ketones (excluding diaryl/α,β-unsaturated/α-hetero) is 10. The summed E-state index contributed by atoms with van der Waals surface area (Å²) in [4.78, 5) is 127. The van der Waals surface area contributed by atoms with Crippen molar-refractivity contribution in [2.75, 3.05) is 65.4 Å². The second-order valence-corrected chi connectivity index (χ2v) is 37.6. The van der Waals surface area contributed by atoms with Crippen LogP contribution < -0.4 is 10.6 Å². The topological polar surface area (TPSA) is 229 Å². The number of carbonyl (C=O) groups is 10. The van der Waals surface area contributed by atoms with Gasteiger partial charge in [0.1, 0.15) is 0 Å². The maximum Gasteiger partial charge on any atom is 0.162 e. The first-order valence-electron chi connectivity index (χ1n) is 49.5. The van der Waals surface area contributed by atoms with Crippen molar-refractivity contribution in [1.29, 1.82) is 0 Å². The van der Waals surface area contributed by atoms with Crippen molar-refractivity contribution in [2.24, 2.45) is 0 Å². The zero-order chi connectivity index (χ0) is 98.3. The van der Waals surface area contributed by atoms with Crippen LogP contribution in [0, 0.1) is 0 Å². The highest BCUT2D eigenvalue weighted by Gasteiger charge is 2.27. The van der Waals surface area contributed by atoms with Crippen molar-refractivity contribution in [3.8, 4) is 0 Å². The fourth-order valence-corrected chi connectivity index (χ4v) is 19.8. The number of fused-ring (bicyclic) bond motifs is 15. The third kappa shape index (κ3) is 25.4. The average Bonchev–Trinajstić information content (AvgIpc) is 1.61. The lowest BCUT2D eigenvalue weighted by atomic mass is 9.97. The minimum atomic E-state index is 0. The van der Waals surface area contributed by atoms with Gasteiger partial charge in [0.15, 0.2) is 57.8 Å². The molecule has 10 aromatic carbocycles. The van der Waals surface area contributed by atoms with E-state index in [1.165, 1.54) is 24.8 Å². The summed E-state index contributed by atoms with van der Waals surface area (Å²) in [6, 6.07) is 60.8. The number of nitrogens with zero attached hydrogens (tertiary/aromatic N) is 8. The maximum atomic E-state index is 12.2. The molecule has 20 nitrogen and oxygen atoms in total. The first-order valence-corrected chi connectivity index (χ1v) is 49.5. The number of aryl methyl sites for hydroxylation is 2. The fraction of sp³-hybridized carbons (Fsp3) is 0.385. The Hall–Kier alpha value is -11.7. The third-order valence-corrected chi connectivity index (χ3v) is 27.8. The second-order valence-electron chi connectivity index (χ2n) is 37.6. The highest BCUT2D eigenvalue weighted by atomic mass is 35.5. The number of nitrogens with one attached hydrogen (secondary N) is 2. The van der Waals surface area contributed by atoms with E-state index in [4.69, 9.17) is 0 Å². The summed E-state index contributed by atoms with van der Waals surface area (Å²) < 4.78 is 11.5. The van der Waals surface area contributed by atoms with Crippen LogP contribution in [0.25, 0.3) is 109 Å². The molecule has 0 amide bonds. The van der Waals surface area contributed by atoms with Crippen molar-refractivity contribution in [3.63, 3.8) is 0 Å². The highest BCUT2D eigenvalue weighted by molar-refractivity contribution is 6.18. The van der Waals surface area contributed by atoms with E-state index in [2.05, 4.69) is 127 Å². The summed E-state index contributed by atoms with van der Waals surface area (Å²) >= 11 is 0. The van der Waals surface area contributed by atoms with E-state index < -0.39 is 0 Å². The molecule has 740 valence electrons. The summed E-state index contributed by atoms with van der Waals surface area (Å²) in [5.74, 6) is 0.731. The predicted molar refractivity (Wildman–Crippen MR) is 586 cm³/mol. The normalized spacial score (nSPS) is 13.9. The minimum absolute atomic E-state index is 0. The van der Waals surface area contributed by atoms with Crippen LogP contribution in [0.1, 0.15) is 285 Å². The Morgan fingerprint density at radius 1 is 0.336 bits per heavy atom. The number of halogens is 3. The lowest BCUT2D eigenvalue weighted by Crippen LogP contribution is -2.44. The number of piperidine rings is 2. The van der Waals surface area contributed by atoms with Crippen LogP contribution in [-0.2, 0) is 32.7 Å². The molecule has 2 N–H and O–H groups in total. The van der Waals surface area contributed by atoms with Crippen molar-refractivity contribution >= 4 is 204 Å². The molecule has 0 bridgehead atoms. The Balaban J connectivity index is 0.000000180. The van der Waals surface area contributed by atoms with Gasteiger partial charge >= 0.3 is 0 Å². The zero-order valence-electron chi connectivity index (χ0n) is 84.8. The van der Waals surface area contributed by atoms with E-state index in [1.807, 2.05) is 172 Å². The van der Waals surface area contributed by atoms with Gasteiger partial charge in [0.05, 0.1) is 0 Å². The first-order chi connectivity index (χ1) is 65.7. The maximum absolute atomic E-state index is 12.2. The van der Waals surface area contributed by atoms with Crippen LogP contribution in [0.2, 0.25) is 0 Å². The molecule has 2 fully saturated rings. The Morgan fingerprint density at radius 2 is 0.586 bits per heavy atom. The van der Waals surface area contributed by atoms with Crippen LogP contribution in [0.15, 0.2) is 194 Å². The largest absolute Gasteiger partial charge is 0.340 e. The molecule has 5 aromatic heterocycles. The van der Waals surface area contributed by atoms with Crippen LogP contribution in [0.3, 0.4) is 0 Å². The summed E-state index contributed by atoms with van der Waals surface area (Å²) in [6.45, 7) is 50.6. The van der Waals surface area contributed by atoms with Crippen LogP contribution in [0.5, 0.6) is 0 Å². The molecule has 140 heavy (non-hydrogen) atoms. The van der Waals surface area contributed by atoms with E-state index in [1.54, 1.807) is 55.4 Å². The van der Waals surface area contributed by atoms with E-state index in [0.29, 0.717) is 75.5 Å². The van der Waals surface area contributed by atoms with E-state index >= 15 is 0 Å². The first kappa shape index (κ1) is 110. The van der Waals surface area contributed by atoms with Crippen LogP contribution >= 0.6 is 37.2 Å². The molecule has 0 aliphatic carbocycles. The highest BCUT2D eigenvalue weighted by Crippen LogP contribution is 2.39. The molecule has 0 spiro atoms. The lowest BCUT2D eigenvalue weighted by Gasteiger charge is -2.39. The Labute approximate surface area is 842 Å². The monoisotopic (exact) mass is 1950 g/mol. The van der Waals surface area contributed by atoms with Crippen molar-refractivity contribution < 1.29 is 47.9 Å². The standard InChI is InChI=1S/C26H32N2O2.C25H28N2O2.C24H30N2O2.2C21H24N2O2.3ClH/c1-17-7-5-8-18(2)27(17)13-6-14-28-25-11-9-21(19(3)29)15-23(25)24-16-22(20(4)30)10-12-26(24)28;1-17-9-13-26(14-10-17)11-4-12-27-24-7-5-20(18(2)28)15-22(24)23-16-21(19(3)29)6-8-25(23)27;1-5-23(27)17-9-11-21-19(15-17)20-16-18(24(28)6-2)10-12-22(20)26(21)14-13-25(7-3)8-4;1-13(2)22-9-10-23-20-7-5-16(14(3)24)11-18(20)19-12-17(15(4)25)6-8-21(19)23;1-4-9-22-10-11-23-20-7-5-16(14(2)24)12-18(20)19-13-17(15(3)25)6-8-21(19)23;;;/h9-12,15-18H,5-8,13-14H2,1-4H3;5-8,15-16H,1,4,9-14H2,2-3H3;9-12,15-16H,5-8,13-14H2,1-4H3;5-8,11-13,22H,9-10H2,1-4H3;5-8,12-13,22H,4,9-11H2,1-3H3;3*1H/t17-,18+;;;;;;;. The average molecular weight is 1950 g/mol. The van der Waals surface area contributed by atoms with E-state index in [9.17, 15) is 47.9 Å². The zero-order valence-corrected chi connectivity index (χ0v) is 87.3.